The topological polar surface area (TPSA) is 67.3 Å². The molecule has 0 saturated carbocycles. The molecule has 1 amide bonds. The maximum absolute atomic E-state index is 13.6. The van der Waals surface area contributed by atoms with Gasteiger partial charge < -0.3 is 4.90 Å². The number of rotatable bonds is 9. The zero-order valence-corrected chi connectivity index (χ0v) is 26.0. The number of hydrogen-bond acceptors (Lipinski definition) is 4. The van der Waals surface area contributed by atoms with Crippen molar-refractivity contribution in [2.75, 3.05) is 19.3 Å². The first-order valence-corrected chi connectivity index (χ1v) is 15.8. The summed E-state index contributed by atoms with van der Waals surface area (Å²) >= 11 is 0. The fourth-order valence-electron chi connectivity index (χ4n) is 4.99. The van der Waals surface area contributed by atoms with Crippen molar-refractivity contribution in [1.82, 2.24) is 9.88 Å². The van der Waals surface area contributed by atoms with Crippen LogP contribution in [0.2, 0.25) is 0 Å². The quantitative estimate of drug-likeness (QED) is 0.153. The largest absolute Gasteiger partial charge is 0.418 e. The van der Waals surface area contributed by atoms with Gasteiger partial charge in [-0.3, -0.25) is 18.8 Å². The molecule has 45 heavy (non-hydrogen) atoms. The molecule has 0 saturated heterocycles. The van der Waals surface area contributed by atoms with Gasteiger partial charge in [0.25, 0.3) is 5.91 Å². The van der Waals surface area contributed by atoms with E-state index in [0.29, 0.717) is 52.0 Å². The standard InChI is InChI=1S/C34H27F3N2O3S.C2H6/c1-39(33(41)29-13-3-2-8-26(29)22-40)18-7-19-43(42)27-12-5-10-24(21-27)23-9-4-11-25(20-23)28-16-17-38-32-30(28)14-6-15-31(32)34(35,36)37;1-2/h2-6,8-17,20-22H,7,18-19H2,1H3;1-2H3. The molecule has 1 aromatic heterocycles. The Bertz CT molecular complexity index is 1840. The SMILES string of the molecule is CC.CN(CCCS(=O)c1cccc(-c2cccc(-c3ccnc4c(C(F)(F)F)cccc34)c2)c1)C(=O)c1ccccc1C=O. The van der Waals surface area contributed by atoms with Gasteiger partial charge in [-0.1, -0.05) is 74.5 Å². The van der Waals surface area contributed by atoms with Gasteiger partial charge in [-0.25, -0.2) is 0 Å². The van der Waals surface area contributed by atoms with Crippen LogP contribution in [0.4, 0.5) is 13.2 Å². The Kier molecular flexibility index (Phi) is 11.0. The molecule has 0 radical (unpaired) electrons. The number of aldehydes is 1. The van der Waals surface area contributed by atoms with E-state index in [9.17, 15) is 27.0 Å². The highest BCUT2D eigenvalue weighted by Gasteiger charge is 2.33. The van der Waals surface area contributed by atoms with Crippen LogP contribution < -0.4 is 0 Å². The lowest BCUT2D eigenvalue weighted by Gasteiger charge is -2.18. The summed E-state index contributed by atoms with van der Waals surface area (Å²) in [7, 11) is 0.322. The first kappa shape index (κ1) is 33.3. The van der Waals surface area contributed by atoms with E-state index in [1.54, 1.807) is 49.5 Å². The number of aromatic nitrogens is 1. The molecule has 5 aromatic rings. The Labute approximate surface area is 263 Å². The summed E-state index contributed by atoms with van der Waals surface area (Å²) in [6, 6.07) is 27.2. The Morgan fingerprint density at radius 3 is 2.27 bits per heavy atom. The van der Waals surface area contributed by atoms with Gasteiger partial charge in [-0.2, -0.15) is 13.2 Å². The maximum atomic E-state index is 13.6. The van der Waals surface area contributed by atoms with Gasteiger partial charge in [0.1, 0.15) is 0 Å². The molecule has 4 aromatic carbocycles. The molecule has 0 fully saturated rings. The molecule has 0 aliphatic heterocycles. The first-order chi connectivity index (χ1) is 21.7. The summed E-state index contributed by atoms with van der Waals surface area (Å²) < 4.78 is 54.0. The molecule has 1 unspecified atom stereocenters. The van der Waals surface area contributed by atoms with E-state index in [1.807, 2.05) is 56.3 Å². The number of fused-ring (bicyclic) bond motifs is 1. The Morgan fingerprint density at radius 2 is 1.53 bits per heavy atom. The number of para-hydroxylation sites is 1. The van der Waals surface area contributed by atoms with Gasteiger partial charge in [0.05, 0.1) is 27.4 Å². The van der Waals surface area contributed by atoms with Gasteiger partial charge >= 0.3 is 6.18 Å². The summed E-state index contributed by atoms with van der Waals surface area (Å²) in [6.45, 7) is 4.37. The van der Waals surface area contributed by atoms with E-state index in [0.717, 1.165) is 22.8 Å². The minimum absolute atomic E-state index is 0.101. The number of benzene rings is 4. The van der Waals surface area contributed by atoms with Crippen LogP contribution in [-0.4, -0.2) is 45.6 Å². The number of alkyl halides is 3. The lowest BCUT2D eigenvalue weighted by molar-refractivity contribution is -0.136. The normalized spacial score (nSPS) is 11.8. The summed E-state index contributed by atoms with van der Waals surface area (Å²) in [5, 5.41) is 0.405. The van der Waals surface area contributed by atoms with Crippen LogP contribution in [0, 0.1) is 0 Å². The van der Waals surface area contributed by atoms with Crippen molar-refractivity contribution >= 4 is 33.9 Å². The Balaban J connectivity index is 0.00000226. The summed E-state index contributed by atoms with van der Waals surface area (Å²) in [5.41, 5.74) is 2.79. The van der Waals surface area contributed by atoms with Crippen LogP contribution in [-0.2, 0) is 17.0 Å². The van der Waals surface area contributed by atoms with E-state index in [1.165, 1.54) is 17.2 Å². The monoisotopic (exact) mass is 630 g/mol. The summed E-state index contributed by atoms with van der Waals surface area (Å²) in [4.78, 5) is 30.2. The van der Waals surface area contributed by atoms with Gasteiger partial charge in [-0.05, 0) is 65.1 Å². The molecule has 5 rings (SSSR count). The van der Waals surface area contributed by atoms with Crippen LogP contribution in [0.3, 0.4) is 0 Å². The highest BCUT2D eigenvalue weighted by atomic mass is 32.2. The van der Waals surface area contributed by atoms with Crippen LogP contribution in [0.1, 0.15) is 46.5 Å². The predicted octanol–water partition coefficient (Wildman–Crippen LogP) is 8.70. The van der Waals surface area contributed by atoms with Crippen molar-refractivity contribution in [3.05, 3.63) is 120 Å². The molecule has 232 valence electrons. The zero-order chi connectivity index (χ0) is 32.6. The van der Waals surface area contributed by atoms with Gasteiger partial charge in [-0.15, -0.1) is 0 Å². The molecule has 0 aliphatic carbocycles. The van der Waals surface area contributed by atoms with E-state index in [2.05, 4.69) is 4.98 Å². The fourth-order valence-corrected chi connectivity index (χ4v) is 6.11. The van der Waals surface area contributed by atoms with E-state index in [4.69, 9.17) is 0 Å². The Morgan fingerprint density at radius 1 is 0.867 bits per heavy atom. The molecule has 0 spiro atoms. The van der Waals surface area contributed by atoms with Crippen LogP contribution in [0.25, 0.3) is 33.2 Å². The highest BCUT2D eigenvalue weighted by Crippen LogP contribution is 2.37. The molecule has 9 heteroatoms. The van der Waals surface area contributed by atoms with E-state index >= 15 is 0 Å². The van der Waals surface area contributed by atoms with Gasteiger partial charge in [0.15, 0.2) is 6.29 Å². The molecule has 0 bridgehead atoms. The highest BCUT2D eigenvalue weighted by molar-refractivity contribution is 7.85. The Hall–Kier alpha value is -4.63. The summed E-state index contributed by atoms with van der Waals surface area (Å²) in [5.74, 6) is 0.0630. The number of carbonyl (C=O) groups is 2. The number of amides is 1. The molecule has 0 N–H and O–H groups in total. The van der Waals surface area contributed by atoms with Gasteiger partial charge in [0, 0.05) is 41.4 Å². The smallest absolute Gasteiger partial charge is 0.342 e. The van der Waals surface area contributed by atoms with Crippen molar-refractivity contribution in [2.24, 2.45) is 0 Å². The third kappa shape index (κ3) is 7.72. The molecular weight excluding hydrogens is 597 g/mol. The van der Waals surface area contributed by atoms with E-state index in [-0.39, 0.29) is 11.4 Å². The van der Waals surface area contributed by atoms with Crippen molar-refractivity contribution in [1.29, 1.82) is 0 Å². The average Bonchev–Trinajstić information content (AvgIpc) is 3.07. The number of nitrogens with zero attached hydrogens (tertiary/aromatic N) is 2. The predicted molar refractivity (Wildman–Crippen MR) is 174 cm³/mol. The maximum Gasteiger partial charge on any atom is 0.418 e. The second-order valence-corrected chi connectivity index (χ2v) is 11.6. The van der Waals surface area contributed by atoms with E-state index < -0.39 is 22.5 Å². The summed E-state index contributed by atoms with van der Waals surface area (Å²) in [6.07, 6.45) is -1.99. The molecule has 0 aliphatic rings. The average molecular weight is 631 g/mol. The number of pyridine rings is 1. The number of hydrogen-bond donors (Lipinski definition) is 0. The zero-order valence-electron chi connectivity index (χ0n) is 25.2. The molecule has 5 nitrogen and oxygen atoms in total. The third-order valence-corrected chi connectivity index (χ3v) is 8.61. The van der Waals surface area contributed by atoms with Crippen molar-refractivity contribution < 1.29 is 27.0 Å². The molecule has 1 atom stereocenters. The van der Waals surface area contributed by atoms with Crippen molar-refractivity contribution in [3.8, 4) is 22.3 Å². The number of carbonyl (C=O) groups excluding carboxylic acids is 2. The molecule has 1 heterocycles. The fraction of sp³-hybridized carbons (Fsp3) is 0.194. The number of halogens is 3. The van der Waals surface area contributed by atoms with Gasteiger partial charge in [0.2, 0.25) is 0 Å². The minimum atomic E-state index is -4.52. The first-order valence-electron chi connectivity index (χ1n) is 14.5. The lowest BCUT2D eigenvalue weighted by atomic mass is 9.96. The van der Waals surface area contributed by atoms with Crippen molar-refractivity contribution in [2.45, 2.75) is 31.3 Å². The van der Waals surface area contributed by atoms with Crippen molar-refractivity contribution in [3.63, 3.8) is 0 Å². The second kappa shape index (κ2) is 14.9. The minimum Gasteiger partial charge on any atom is -0.342 e. The second-order valence-electron chi connectivity index (χ2n) is 10.0. The lowest BCUT2D eigenvalue weighted by Crippen LogP contribution is -2.29. The molecular formula is C36H33F3N2O3S. The van der Waals surface area contributed by atoms with Crippen LogP contribution in [0.5, 0.6) is 0 Å². The van der Waals surface area contributed by atoms with Crippen LogP contribution in [0.15, 0.2) is 108 Å². The van der Waals surface area contributed by atoms with Crippen LogP contribution >= 0.6 is 0 Å². The third-order valence-electron chi connectivity index (χ3n) is 7.17.